The maximum atomic E-state index is 13.4. The molecule has 0 saturated carbocycles. The second kappa shape index (κ2) is 7.92. The van der Waals surface area contributed by atoms with Crippen LogP contribution in [0.4, 0.5) is 9.18 Å². The highest BCUT2D eigenvalue weighted by Crippen LogP contribution is 2.16. The lowest BCUT2D eigenvalue weighted by molar-refractivity contribution is 0.0953. The number of carbonyl (C=O) groups is 2. The van der Waals surface area contributed by atoms with E-state index in [2.05, 4.69) is 10.6 Å². The summed E-state index contributed by atoms with van der Waals surface area (Å²) in [5.41, 5.74) is 0.733. The van der Waals surface area contributed by atoms with Crippen molar-refractivity contribution < 1.29 is 19.1 Å². The largest absolute Gasteiger partial charge is 0.394 e. The minimum absolute atomic E-state index is 0.0385. The number of halogens is 1. The van der Waals surface area contributed by atoms with E-state index in [1.165, 1.54) is 6.07 Å². The predicted octanol–water partition coefficient (Wildman–Crippen LogP) is 1.03. The first kappa shape index (κ1) is 17.2. The van der Waals surface area contributed by atoms with Gasteiger partial charge in [0, 0.05) is 25.2 Å². The van der Waals surface area contributed by atoms with Crippen molar-refractivity contribution in [2.45, 2.75) is 25.8 Å². The van der Waals surface area contributed by atoms with Gasteiger partial charge in [0.1, 0.15) is 5.82 Å². The summed E-state index contributed by atoms with van der Waals surface area (Å²) in [6, 6.07) is 3.94. The van der Waals surface area contributed by atoms with E-state index in [1.54, 1.807) is 24.0 Å². The van der Waals surface area contributed by atoms with E-state index in [-0.39, 0.29) is 43.2 Å². The van der Waals surface area contributed by atoms with E-state index in [1.807, 2.05) is 0 Å². The van der Waals surface area contributed by atoms with Crippen molar-refractivity contribution in [3.8, 4) is 0 Å². The molecule has 1 aliphatic heterocycles. The first-order valence-corrected chi connectivity index (χ1v) is 7.72. The van der Waals surface area contributed by atoms with Gasteiger partial charge in [0.05, 0.1) is 12.6 Å². The number of benzene rings is 1. The van der Waals surface area contributed by atoms with Crippen LogP contribution < -0.4 is 10.6 Å². The molecule has 1 fully saturated rings. The number of urea groups is 1. The highest BCUT2D eigenvalue weighted by Gasteiger charge is 2.27. The molecule has 126 valence electrons. The van der Waals surface area contributed by atoms with Crippen molar-refractivity contribution in [2.75, 3.05) is 26.2 Å². The Kier molecular flexibility index (Phi) is 5.92. The summed E-state index contributed by atoms with van der Waals surface area (Å²) in [5, 5.41) is 14.5. The number of rotatable bonds is 5. The first-order chi connectivity index (χ1) is 11.0. The topological polar surface area (TPSA) is 81.7 Å². The van der Waals surface area contributed by atoms with Gasteiger partial charge < -0.3 is 20.6 Å². The molecule has 3 N–H and O–H groups in total. The molecule has 0 aromatic heterocycles. The maximum absolute atomic E-state index is 13.4. The normalized spacial score (nSPS) is 17.2. The number of carbonyl (C=O) groups excluding carboxylic acids is 2. The molecule has 1 aliphatic rings. The van der Waals surface area contributed by atoms with Crippen molar-refractivity contribution >= 4 is 11.9 Å². The summed E-state index contributed by atoms with van der Waals surface area (Å²) in [4.78, 5) is 25.4. The van der Waals surface area contributed by atoms with E-state index in [0.717, 1.165) is 12.8 Å². The minimum Gasteiger partial charge on any atom is -0.394 e. The number of aliphatic hydroxyl groups is 1. The van der Waals surface area contributed by atoms with Crippen LogP contribution >= 0.6 is 0 Å². The van der Waals surface area contributed by atoms with Crippen molar-refractivity contribution in [1.82, 2.24) is 15.5 Å². The molecule has 0 aliphatic carbocycles. The Morgan fingerprint density at radius 1 is 1.35 bits per heavy atom. The highest BCUT2D eigenvalue weighted by atomic mass is 19.1. The zero-order valence-corrected chi connectivity index (χ0v) is 13.1. The van der Waals surface area contributed by atoms with Crippen LogP contribution in [0.5, 0.6) is 0 Å². The van der Waals surface area contributed by atoms with Crippen molar-refractivity contribution in [1.29, 1.82) is 0 Å². The number of nitrogens with zero attached hydrogens (tertiary/aromatic N) is 1. The van der Waals surface area contributed by atoms with E-state index in [9.17, 15) is 19.1 Å². The number of likely N-dealkylation sites (tertiary alicyclic amines) is 1. The lowest BCUT2D eigenvalue weighted by Crippen LogP contribution is -2.46. The smallest absolute Gasteiger partial charge is 0.317 e. The Balaban J connectivity index is 1.73. The van der Waals surface area contributed by atoms with Crippen LogP contribution in [-0.2, 0) is 0 Å². The minimum atomic E-state index is -0.421. The summed E-state index contributed by atoms with van der Waals surface area (Å²) in [7, 11) is 0. The second-order valence-corrected chi connectivity index (χ2v) is 5.62. The molecule has 1 heterocycles. The molecule has 0 radical (unpaired) electrons. The van der Waals surface area contributed by atoms with Crippen LogP contribution in [0.1, 0.15) is 28.8 Å². The van der Waals surface area contributed by atoms with E-state index >= 15 is 0 Å². The Hall–Kier alpha value is -2.15. The van der Waals surface area contributed by atoms with Gasteiger partial charge in [-0.2, -0.15) is 0 Å². The van der Waals surface area contributed by atoms with E-state index in [0.29, 0.717) is 12.1 Å². The fourth-order valence-corrected chi connectivity index (χ4v) is 2.58. The van der Waals surface area contributed by atoms with Gasteiger partial charge in [-0.3, -0.25) is 4.79 Å². The zero-order chi connectivity index (χ0) is 16.8. The third kappa shape index (κ3) is 4.41. The van der Waals surface area contributed by atoms with Crippen LogP contribution in [0.15, 0.2) is 18.2 Å². The van der Waals surface area contributed by atoms with Crippen LogP contribution in [0.2, 0.25) is 0 Å². The van der Waals surface area contributed by atoms with Gasteiger partial charge in [-0.15, -0.1) is 0 Å². The molecule has 6 nitrogen and oxygen atoms in total. The average Bonchev–Trinajstić information content (AvgIpc) is 3.02. The Morgan fingerprint density at radius 3 is 2.78 bits per heavy atom. The Labute approximate surface area is 134 Å². The third-order valence-electron chi connectivity index (χ3n) is 3.97. The fraction of sp³-hybridized carbons (Fsp3) is 0.500. The van der Waals surface area contributed by atoms with Crippen molar-refractivity contribution in [2.24, 2.45) is 0 Å². The molecule has 1 aromatic rings. The van der Waals surface area contributed by atoms with Crippen LogP contribution in [0.3, 0.4) is 0 Å². The fourth-order valence-electron chi connectivity index (χ4n) is 2.58. The SMILES string of the molecule is Cc1ccc(C(=O)NCCNC(=O)N2CCCC2CO)cc1F. The average molecular weight is 323 g/mol. The summed E-state index contributed by atoms with van der Waals surface area (Å²) in [6.45, 7) is 2.74. The van der Waals surface area contributed by atoms with Gasteiger partial charge in [0.15, 0.2) is 0 Å². The monoisotopic (exact) mass is 323 g/mol. The van der Waals surface area contributed by atoms with Gasteiger partial charge in [-0.1, -0.05) is 6.07 Å². The third-order valence-corrected chi connectivity index (χ3v) is 3.97. The molecule has 0 bridgehead atoms. The maximum Gasteiger partial charge on any atom is 0.317 e. The predicted molar refractivity (Wildman–Crippen MR) is 83.7 cm³/mol. The summed E-state index contributed by atoms with van der Waals surface area (Å²) >= 11 is 0. The van der Waals surface area contributed by atoms with Crippen LogP contribution in [0, 0.1) is 12.7 Å². The summed E-state index contributed by atoms with van der Waals surface area (Å²) < 4.78 is 13.4. The lowest BCUT2D eigenvalue weighted by Gasteiger charge is -2.23. The molecule has 7 heteroatoms. The molecular formula is C16H22FN3O3. The number of aryl methyl sites for hydroxylation is 1. The van der Waals surface area contributed by atoms with Gasteiger partial charge in [-0.05, 0) is 37.5 Å². The molecule has 1 saturated heterocycles. The van der Waals surface area contributed by atoms with Gasteiger partial charge >= 0.3 is 6.03 Å². The Bertz CT molecular complexity index is 580. The van der Waals surface area contributed by atoms with Crippen LogP contribution in [-0.4, -0.2) is 54.2 Å². The molecule has 1 atom stereocenters. The molecule has 3 amide bonds. The molecule has 1 aromatic carbocycles. The summed E-state index contributed by atoms with van der Waals surface area (Å²) in [5.74, 6) is -0.803. The second-order valence-electron chi connectivity index (χ2n) is 5.62. The molecular weight excluding hydrogens is 301 g/mol. The zero-order valence-electron chi connectivity index (χ0n) is 13.1. The molecule has 2 rings (SSSR count). The standard InChI is InChI=1S/C16H22FN3O3/c1-11-4-5-12(9-14(11)17)15(22)18-6-7-19-16(23)20-8-2-3-13(20)10-21/h4-5,9,13,21H,2-3,6-8,10H2,1H3,(H,18,22)(H,19,23). The quantitative estimate of drug-likeness (QED) is 0.708. The number of hydrogen-bond donors (Lipinski definition) is 3. The van der Waals surface area contributed by atoms with Crippen molar-refractivity contribution in [3.63, 3.8) is 0 Å². The summed E-state index contributed by atoms with van der Waals surface area (Å²) in [6.07, 6.45) is 1.69. The van der Waals surface area contributed by atoms with Gasteiger partial charge in [0.2, 0.25) is 0 Å². The lowest BCUT2D eigenvalue weighted by atomic mass is 10.1. The number of amides is 3. The van der Waals surface area contributed by atoms with Gasteiger partial charge in [-0.25, -0.2) is 9.18 Å². The van der Waals surface area contributed by atoms with E-state index < -0.39 is 5.82 Å². The number of hydrogen-bond acceptors (Lipinski definition) is 3. The van der Waals surface area contributed by atoms with Crippen LogP contribution in [0.25, 0.3) is 0 Å². The number of nitrogens with one attached hydrogen (secondary N) is 2. The Morgan fingerprint density at radius 2 is 2.09 bits per heavy atom. The highest BCUT2D eigenvalue weighted by molar-refractivity contribution is 5.94. The van der Waals surface area contributed by atoms with E-state index in [4.69, 9.17) is 0 Å². The molecule has 23 heavy (non-hydrogen) atoms. The molecule has 0 spiro atoms. The van der Waals surface area contributed by atoms with Crippen molar-refractivity contribution in [3.05, 3.63) is 35.1 Å². The molecule has 1 unspecified atom stereocenters. The first-order valence-electron chi connectivity index (χ1n) is 7.72. The van der Waals surface area contributed by atoms with Gasteiger partial charge in [0.25, 0.3) is 5.91 Å². The number of aliphatic hydroxyl groups excluding tert-OH is 1.